The molecule has 0 saturated carbocycles. The highest BCUT2D eigenvalue weighted by atomic mass is 16.6. The summed E-state index contributed by atoms with van der Waals surface area (Å²) in [5, 5.41) is 0. The van der Waals surface area contributed by atoms with Gasteiger partial charge in [-0.2, -0.15) is 0 Å². The molecular formula is C36H33N3O4. The molecule has 2 saturated heterocycles. The van der Waals surface area contributed by atoms with E-state index in [0.717, 1.165) is 27.9 Å². The van der Waals surface area contributed by atoms with E-state index < -0.39 is 17.5 Å². The second kappa shape index (κ2) is 10.5. The summed E-state index contributed by atoms with van der Waals surface area (Å²) >= 11 is 0. The third kappa shape index (κ3) is 4.26. The number of likely N-dealkylation sites (tertiary alicyclic amines) is 1. The zero-order valence-electron chi connectivity index (χ0n) is 24.4. The monoisotopic (exact) mass is 571 g/mol. The fourth-order valence-electron chi connectivity index (χ4n) is 7.16. The number of β-lactam (4-membered cyclic amide) rings is 1. The first kappa shape index (κ1) is 27.1. The van der Waals surface area contributed by atoms with Gasteiger partial charge in [-0.1, -0.05) is 78.4 Å². The van der Waals surface area contributed by atoms with Crippen LogP contribution in [-0.4, -0.2) is 61.0 Å². The van der Waals surface area contributed by atoms with Crippen LogP contribution in [0.25, 0.3) is 0 Å². The molecule has 4 aromatic rings. The molecule has 0 bridgehead atoms. The molecule has 2 fully saturated rings. The topological polar surface area (TPSA) is 71.4 Å². The number of nitrogens with zero attached hydrogens (tertiary/aromatic N) is 3. The van der Waals surface area contributed by atoms with Crippen LogP contribution in [0.15, 0.2) is 114 Å². The highest BCUT2D eigenvalue weighted by Gasteiger charge is 2.70. The van der Waals surface area contributed by atoms with Gasteiger partial charge < -0.3 is 14.4 Å². The molecule has 7 heteroatoms. The van der Waals surface area contributed by atoms with E-state index in [0.29, 0.717) is 18.2 Å². The fourth-order valence-corrected chi connectivity index (χ4v) is 7.16. The molecule has 3 aliphatic heterocycles. The predicted molar refractivity (Wildman–Crippen MR) is 166 cm³/mol. The van der Waals surface area contributed by atoms with Crippen LogP contribution in [-0.2, 0) is 14.3 Å². The normalized spacial score (nSPS) is 26.8. The Morgan fingerprint density at radius 3 is 2.14 bits per heavy atom. The van der Waals surface area contributed by atoms with Crippen molar-refractivity contribution in [3.8, 4) is 5.75 Å². The quantitative estimate of drug-likeness (QED) is 0.231. The molecule has 1 amide bonds. The zero-order chi connectivity index (χ0) is 29.7. The highest BCUT2D eigenvalue weighted by Crippen LogP contribution is 2.54. The number of aliphatic imine (C=N–C) groups is 1. The maximum Gasteiger partial charge on any atom is 0.343 e. The molecule has 0 unspecified atom stereocenters. The highest BCUT2D eigenvalue weighted by molar-refractivity contribution is 6.11. The van der Waals surface area contributed by atoms with E-state index in [2.05, 4.69) is 36.1 Å². The van der Waals surface area contributed by atoms with Gasteiger partial charge in [-0.3, -0.25) is 9.69 Å². The van der Waals surface area contributed by atoms with Crippen molar-refractivity contribution in [1.29, 1.82) is 0 Å². The smallest absolute Gasteiger partial charge is 0.343 e. The van der Waals surface area contributed by atoms with Gasteiger partial charge in [-0.25, -0.2) is 9.79 Å². The summed E-state index contributed by atoms with van der Waals surface area (Å²) in [6, 6.07) is 34.4. The molecule has 216 valence electrons. The van der Waals surface area contributed by atoms with Crippen molar-refractivity contribution >= 4 is 23.5 Å². The van der Waals surface area contributed by atoms with Crippen molar-refractivity contribution in [2.75, 3.05) is 25.6 Å². The molecule has 5 atom stereocenters. The van der Waals surface area contributed by atoms with Gasteiger partial charge in [-0.05, 0) is 61.5 Å². The second-order valence-corrected chi connectivity index (χ2v) is 11.6. The number of rotatable bonds is 6. The Balaban J connectivity index is 1.42. The van der Waals surface area contributed by atoms with Crippen LogP contribution < -0.4 is 9.64 Å². The Hall–Kier alpha value is -4.75. The van der Waals surface area contributed by atoms with Crippen molar-refractivity contribution in [3.05, 3.63) is 131 Å². The lowest BCUT2D eigenvalue weighted by atomic mass is 9.68. The van der Waals surface area contributed by atoms with Gasteiger partial charge >= 0.3 is 5.97 Å². The summed E-state index contributed by atoms with van der Waals surface area (Å²) in [6.45, 7) is 2.63. The molecule has 0 aromatic heterocycles. The van der Waals surface area contributed by atoms with Crippen LogP contribution >= 0.6 is 0 Å². The molecule has 3 heterocycles. The minimum atomic E-state index is -1.27. The number of carbonyl (C=O) groups is 2. The number of cyclic esters (lactones) is 1. The number of anilines is 1. The fraction of sp³-hybridized carbons (Fsp3) is 0.250. The summed E-state index contributed by atoms with van der Waals surface area (Å²) in [4.78, 5) is 37.8. The number of ether oxygens (including phenoxy) is 2. The third-order valence-electron chi connectivity index (χ3n) is 9.21. The van der Waals surface area contributed by atoms with Gasteiger partial charge in [0.25, 0.3) is 0 Å². The van der Waals surface area contributed by atoms with Crippen LogP contribution in [0.1, 0.15) is 34.1 Å². The van der Waals surface area contributed by atoms with E-state index in [9.17, 15) is 9.59 Å². The first-order valence-corrected chi connectivity index (χ1v) is 14.6. The van der Waals surface area contributed by atoms with Crippen LogP contribution in [0.2, 0.25) is 0 Å². The maximum absolute atomic E-state index is 14.4. The Kier molecular flexibility index (Phi) is 6.62. The molecule has 7 nitrogen and oxygen atoms in total. The van der Waals surface area contributed by atoms with Gasteiger partial charge in [0.1, 0.15) is 5.75 Å². The standard InChI is InChI=1S/C36H33N3O4/c1-23-14-16-24(17-15-23)29-22-38(2)32(36(29)35(41)43-33(37-36)26-12-8-5-9-13-26)31-30(25-10-6-4-7-11-25)34(40)39(31)27-18-20-28(42-3)21-19-27/h4-21,29-32H,22H2,1-3H3/t29-,30+,31+,32-,36+/m1/s1. The molecule has 4 aromatic carbocycles. The van der Waals surface area contributed by atoms with Crippen molar-refractivity contribution in [2.24, 2.45) is 4.99 Å². The van der Waals surface area contributed by atoms with E-state index in [1.54, 1.807) is 7.11 Å². The lowest BCUT2D eigenvalue weighted by Crippen LogP contribution is -2.71. The minimum absolute atomic E-state index is 0.0117. The van der Waals surface area contributed by atoms with Crippen molar-refractivity contribution in [2.45, 2.75) is 36.4 Å². The molecule has 1 spiro atoms. The van der Waals surface area contributed by atoms with Crippen LogP contribution in [0.5, 0.6) is 5.75 Å². The van der Waals surface area contributed by atoms with E-state index in [-0.39, 0.29) is 23.8 Å². The number of carbonyl (C=O) groups excluding carboxylic acids is 2. The summed E-state index contributed by atoms with van der Waals surface area (Å²) in [5.41, 5.74) is 3.32. The molecule has 0 radical (unpaired) electrons. The molecule has 43 heavy (non-hydrogen) atoms. The van der Waals surface area contributed by atoms with Crippen LogP contribution in [0, 0.1) is 6.92 Å². The minimum Gasteiger partial charge on any atom is -0.497 e. The molecule has 3 aliphatic rings. The molecule has 0 N–H and O–H groups in total. The first-order valence-electron chi connectivity index (χ1n) is 14.6. The lowest BCUT2D eigenvalue weighted by molar-refractivity contribution is -0.142. The Morgan fingerprint density at radius 1 is 0.837 bits per heavy atom. The average molecular weight is 572 g/mol. The van der Waals surface area contributed by atoms with Gasteiger partial charge in [0, 0.05) is 23.7 Å². The number of benzene rings is 4. The molecule has 0 aliphatic carbocycles. The number of likely N-dealkylation sites (N-methyl/N-ethyl adjacent to an activating group) is 1. The largest absolute Gasteiger partial charge is 0.497 e. The summed E-state index contributed by atoms with van der Waals surface area (Å²) < 4.78 is 11.4. The number of hydrogen-bond acceptors (Lipinski definition) is 6. The van der Waals surface area contributed by atoms with E-state index in [1.807, 2.05) is 96.9 Å². The van der Waals surface area contributed by atoms with Gasteiger partial charge in [0.15, 0.2) is 5.54 Å². The Labute approximate surface area is 251 Å². The number of esters is 1. The van der Waals surface area contributed by atoms with Crippen LogP contribution in [0.3, 0.4) is 0 Å². The Bertz CT molecular complexity index is 1690. The van der Waals surface area contributed by atoms with E-state index in [4.69, 9.17) is 14.5 Å². The number of hydrogen-bond donors (Lipinski definition) is 0. The summed E-state index contributed by atoms with van der Waals surface area (Å²) in [6.07, 6.45) is 0. The first-order chi connectivity index (χ1) is 20.9. The SMILES string of the molecule is COc1ccc(N2C(=O)[C@@H](c3ccccc3)[C@H]2[C@H]2N(C)C[C@H](c3ccc(C)cc3)[C@]23N=C(c2ccccc2)OC3=O)cc1. The molecule has 7 rings (SSSR count). The summed E-state index contributed by atoms with van der Waals surface area (Å²) in [5.74, 6) is -0.0940. The van der Waals surface area contributed by atoms with Crippen LogP contribution in [0.4, 0.5) is 5.69 Å². The van der Waals surface area contributed by atoms with Crippen molar-refractivity contribution < 1.29 is 19.1 Å². The number of aryl methyl sites for hydroxylation is 1. The van der Waals surface area contributed by atoms with Crippen molar-refractivity contribution in [3.63, 3.8) is 0 Å². The Morgan fingerprint density at radius 2 is 1.49 bits per heavy atom. The van der Waals surface area contributed by atoms with Gasteiger partial charge in [0.05, 0.1) is 25.1 Å². The van der Waals surface area contributed by atoms with Gasteiger partial charge in [-0.15, -0.1) is 0 Å². The number of amides is 1. The lowest BCUT2D eigenvalue weighted by Gasteiger charge is -2.53. The molecular weight excluding hydrogens is 538 g/mol. The third-order valence-corrected chi connectivity index (χ3v) is 9.21. The average Bonchev–Trinajstić information content (AvgIpc) is 3.53. The zero-order valence-corrected chi connectivity index (χ0v) is 24.4. The van der Waals surface area contributed by atoms with Gasteiger partial charge in [0.2, 0.25) is 11.8 Å². The predicted octanol–water partition coefficient (Wildman–Crippen LogP) is 5.34. The van der Waals surface area contributed by atoms with Crippen molar-refractivity contribution in [1.82, 2.24) is 4.90 Å². The maximum atomic E-state index is 14.4. The summed E-state index contributed by atoms with van der Waals surface area (Å²) in [7, 11) is 3.65. The van der Waals surface area contributed by atoms with E-state index >= 15 is 0 Å². The van der Waals surface area contributed by atoms with E-state index in [1.165, 1.54) is 0 Å². The number of methoxy groups -OCH3 is 1. The second-order valence-electron chi connectivity index (χ2n) is 11.6.